The van der Waals surface area contributed by atoms with Crippen molar-refractivity contribution in [3.63, 3.8) is 0 Å². The molecule has 0 aromatic heterocycles. The summed E-state index contributed by atoms with van der Waals surface area (Å²) in [7, 11) is 0. The number of carbonyl (C=O) groups excluding carboxylic acids is 2. The number of amides is 2. The summed E-state index contributed by atoms with van der Waals surface area (Å²) in [5.74, 6) is -2.15. The predicted octanol–water partition coefficient (Wildman–Crippen LogP) is 0.778. The van der Waals surface area contributed by atoms with E-state index in [4.69, 9.17) is 9.84 Å². The molecule has 0 fully saturated rings. The van der Waals surface area contributed by atoms with Crippen LogP contribution in [0.1, 0.15) is 33.3 Å². The van der Waals surface area contributed by atoms with E-state index in [9.17, 15) is 24.6 Å². The van der Waals surface area contributed by atoms with Gasteiger partial charge in [0.1, 0.15) is 17.4 Å². The standard InChI is InChI=1S/C18H26N2O7/c1-10(21)14(16(24)25)20-15(23)13(19-17(26)27-18(2,3)4)9-11-5-7-12(22)8-6-11/h5-8,10,13-14,21-22H,9H2,1-4H3,(H,19,26)(H,20,23)(H,24,25)/t10?,13-,14-/m0/s1. The number of rotatable bonds is 7. The predicted molar refractivity (Wildman–Crippen MR) is 96.2 cm³/mol. The van der Waals surface area contributed by atoms with E-state index in [0.29, 0.717) is 5.56 Å². The number of ether oxygens (including phenoxy) is 1. The van der Waals surface area contributed by atoms with Gasteiger partial charge in [0.15, 0.2) is 6.04 Å². The summed E-state index contributed by atoms with van der Waals surface area (Å²) >= 11 is 0. The minimum Gasteiger partial charge on any atom is -0.508 e. The van der Waals surface area contributed by atoms with Crippen molar-refractivity contribution in [3.8, 4) is 5.75 Å². The summed E-state index contributed by atoms with van der Waals surface area (Å²) in [6, 6.07) is 3.30. The first-order valence-corrected chi connectivity index (χ1v) is 8.37. The van der Waals surface area contributed by atoms with Crippen molar-refractivity contribution in [3.05, 3.63) is 29.8 Å². The van der Waals surface area contributed by atoms with Crippen molar-refractivity contribution in [1.82, 2.24) is 10.6 Å². The van der Waals surface area contributed by atoms with Crippen LogP contribution in [0, 0.1) is 0 Å². The van der Waals surface area contributed by atoms with Crippen LogP contribution in [0.25, 0.3) is 0 Å². The smallest absolute Gasteiger partial charge is 0.408 e. The highest BCUT2D eigenvalue weighted by molar-refractivity contribution is 5.89. The van der Waals surface area contributed by atoms with Crippen LogP contribution in [-0.2, 0) is 20.7 Å². The van der Waals surface area contributed by atoms with Crippen molar-refractivity contribution in [2.24, 2.45) is 0 Å². The SMILES string of the molecule is CC(O)[C@H](NC(=O)[C@H](Cc1ccc(O)cc1)NC(=O)OC(C)(C)C)C(=O)O. The van der Waals surface area contributed by atoms with Crippen LogP contribution < -0.4 is 10.6 Å². The Kier molecular flexibility index (Phi) is 7.59. The van der Waals surface area contributed by atoms with Crippen LogP contribution in [-0.4, -0.2) is 57.1 Å². The van der Waals surface area contributed by atoms with Crippen LogP contribution in [0.2, 0.25) is 0 Å². The van der Waals surface area contributed by atoms with Crippen LogP contribution in [0.3, 0.4) is 0 Å². The molecule has 0 heterocycles. The molecule has 0 aliphatic carbocycles. The molecular weight excluding hydrogens is 356 g/mol. The first kappa shape index (κ1) is 22.2. The second kappa shape index (κ2) is 9.22. The van der Waals surface area contributed by atoms with Gasteiger partial charge >= 0.3 is 12.1 Å². The number of aliphatic hydroxyl groups excluding tert-OH is 1. The second-order valence-electron chi connectivity index (χ2n) is 7.13. The Morgan fingerprint density at radius 1 is 1.11 bits per heavy atom. The monoisotopic (exact) mass is 382 g/mol. The topological polar surface area (TPSA) is 145 Å². The molecule has 0 bridgehead atoms. The van der Waals surface area contributed by atoms with Crippen LogP contribution in [0.15, 0.2) is 24.3 Å². The van der Waals surface area contributed by atoms with E-state index in [1.165, 1.54) is 19.1 Å². The van der Waals surface area contributed by atoms with Gasteiger partial charge in [0.25, 0.3) is 0 Å². The Morgan fingerprint density at radius 2 is 1.67 bits per heavy atom. The van der Waals surface area contributed by atoms with Crippen molar-refractivity contribution < 1.29 is 34.4 Å². The molecule has 1 unspecified atom stereocenters. The lowest BCUT2D eigenvalue weighted by atomic mass is 10.0. The zero-order chi connectivity index (χ0) is 20.8. The van der Waals surface area contributed by atoms with Crippen molar-refractivity contribution in [2.45, 2.75) is 57.9 Å². The van der Waals surface area contributed by atoms with Crippen LogP contribution in [0.4, 0.5) is 4.79 Å². The number of alkyl carbamates (subject to hydrolysis) is 1. The molecule has 0 aliphatic rings. The number of carboxylic acids is 1. The molecule has 150 valence electrons. The third-order valence-corrected chi connectivity index (χ3v) is 3.43. The molecule has 1 rings (SSSR count). The van der Waals surface area contributed by atoms with Gasteiger partial charge in [-0.3, -0.25) is 4.79 Å². The van der Waals surface area contributed by atoms with Crippen LogP contribution in [0.5, 0.6) is 5.75 Å². The van der Waals surface area contributed by atoms with E-state index in [1.54, 1.807) is 32.9 Å². The number of carbonyl (C=O) groups is 3. The Balaban J connectivity index is 2.97. The van der Waals surface area contributed by atoms with E-state index >= 15 is 0 Å². The number of aliphatic hydroxyl groups is 1. The zero-order valence-electron chi connectivity index (χ0n) is 15.7. The van der Waals surface area contributed by atoms with E-state index in [0.717, 1.165) is 0 Å². The Hall–Kier alpha value is -2.81. The minimum atomic E-state index is -1.53. The lowest BCUT2D eigenvalue weighted by molar-refractivity contribution is -0.145. The molecule has 2 amide bonds. The van der Waals surface area contributed by atoms with Gasteiger partial charge in [-0.1, -0.05) is 12.1 Å². The van der Waals surface area contributed by atoms with Crippen LogP contribution >= 0.6 is 0 Å². The zero-order valence-corrected chi connectivity index (χ0v) is 15.7. The number of hydrogen-bond acceptors (Lipinski definition) is 6. The number of nitrogens with one attached hydrogen (secondary N) is 2. The lowest BCUT2D eigenvalue weighted by Crippen LogP contribution is -2.55. The maximum Gasteiger partial charge on any atom is 0.408 e. The maximum atomic E-state index is 12.5. The van der Waals surface area contributed by atoms with Gasteiger partial charge < -0.3 is 30.7 Å². The molecule has 3 atom stereocenters. The molecule has 9 heteroatoms. The fourth-order valence-electron chi connectivity index (χ4n) is 2.17. The lowest BCUT2D eigenvalue weighted by Gasteiger charge is -2.25. The molecule has 27 heavy (non-hydrogen) atoms. The molecular formula is C18H26N2O7. The van der Waals surface area contributed by atoms with Crippen molar-refractivity contribution >= 4 is 18.0 Å². The Morgan fingerprint density at radius 3 is 2.11 bits per heavy atom. The summed E-state index contributed by atoms with van der Waals surface area (Å²) in [6.45, 7) is 6.22. The molecule has 9 nitrogen and oxygen atoms in total. The summed E-state index contributed by atoms with van der Waals surface area (Å²) in [5.41, 5.74) is -0.166. The number of phenolic OH excluding ortho intramolecular Hbond substituents is 1. The highest BCUT2D eigenvalue weighted by Crippen LogP contribution is 2.13. The Labute approximate surface area is 157 Å². The van der Waals surface area contributed by atoms with Gasteiger partial charge in [0.05, 0.1) is 6.10 Å². The number of aromatic hydroxyl groups is 1. The largest absolute Gasteiger partial charge is 0.508 e. The highest BCUT2D eigenvalue weighted by atomic mass is 16.6. The third kappa shape index (κ3) is 7.95. The normalized spacial score (nSPS) is 14.6. The third-order valence-electron chi connectivity index (χ3n) is 3.43. The van der Waals surface area contributed by atoms with Crippen molar-refractivity contribution in [2.75, 3.05) is 0 Å². The molecule has 1 aromatic rings. The van der Waals surface area contributed by atoms with Gasteiger partial charge in [-0.2, -0.15) is 0 Å². The molecule has 5 N–H and O–H groups in total. The molecule has 0 radical (unpaired) electrons. The fraction of sp³-hybridized carbons (Fsp3) is 0.500. The van der Waals surface area contributed by atoms with E-state index in [2.05, 4.69) is 10.6 Å². The highest BCUT2D eigenvalue weighted by Gasteiger charge is 2.30. The van der Waals surface area contributed by atoms with Gasteiger partial charge in [-0.15, -0.1) is 0 Å². The van der Waals surface area contributed by atoms with E-state index in [1.807, 2.05) is 0 Å². The van der Waals surface area contributed by atoms with Gasteiger partial charge in [-0.05, 0) is 45.4 Å². The number of aliphatic carboxylic acids is 1. The minimum absolute atomic E-state index is 0.0253. The van der Waals surface area contributed by atoms with Crippen molar-refractivity contribution in [1.29, 1.82) is 0 Å². The average molecular weight is 382 g/mol. The quantitative estimate of drug-likeness (QED) is 0.468. The summed E-state index contributed by atoms with van der Waals surface area (Å²) in [5, 5.41) is 32.6. The average Bonchev–Trinajstić information content (AvgIpc) is 2.51. The van der Waals surface area contributed by atoms with E-state index in [-0.39, 0.29) is 12.2 Å². The number of carboxylic acid groups (broad SMARTS) is 1. The molecule has 0 saturated heterocycles. The number of benzene rings is 1. The number of hydrogen-bond donors (Lipinski definition) is 5. The van der Waals surface area contributed by atoms with E-state index < -0.39 is 41.8 Å². The van der Waals surface area contributed by atoms with Gasteiger partial charge in [-0.25, -0.2) is 9.59 Å². The first-order valence-electron chi connectivity index (χ1n) is 8.37. The van der Waals surface area contributed by atoms with Gasteiger partial charge in [0.2, 0.25) is 5.91 Å². The summed E-state index contributed by atoms with van der Waals surface area (Å²) < 4.78 is 5.14. The second-order valence-corrected chi connectivity index (χ2v) is 7.13. The molecule has 1 aromatic carbocycles. The summed E-state index contributed by atoms with van der Waals surface area (Å²) in [6.07, 6.45) is -2.15. The fourth-order valence-corrected chi connectivity index (χ4v) is 2.17. The maximum absolute atomic E-state index is 12.5. The molecule has 0 spiro atoms. The Bertz CT molecular complexity index is 665. The molecule has 0 saturated carbocycles. The first-order chi connectivity index (χ1) is 12.4. The number of phenols is 1. The molecule has 0 aliphatic heterocycles. The van der Waals surface area contributed by atoms with Gasteiger partial charge in [0, 0.05) is 6.42 Å². The summed E-state index contributed by atoms with van der Waals surface area (Å²) in [4.78, 5) is 35.8.